The molecule has 2 aromatic rings. The second kappa shape index (κ2) is 5.86. The summed E-state index contributed by atoms with van der Waals surface area (Å²) in [6, 6.07) is 3.40. The van der Waals surface area contributed by atoms with Gasteiger partial charge in [-0.15, -0.1) is 0 Å². The van der Waals surface area contributed by atoms with Gasteiger partial charge in [-0.2, -0.15) is 4.37 Å². The molecule has 1 aromatic heterocycles. The molecule has 0 fully saturated rings. The van der Waals surface area contributed by atoms with Crippen molar-refractivity contribution >= 4 is 16.7 Å². The van der Waals surface area contributed by atoms with Crippen LogP contribution in [0.25, 0.3) is 0 Å². The monoisotopic (exact) mass is 269 g/mol. The normalized spacial score (nSPS) is 10.6. The van der Waals surface area contributed by atoms with Crippen molar-refractivity contribution in [2.75, 3.05) is 5.32 Å². The minimum atomic E-state index is -0.447. The average Bonchev–Trinajstić information content (AvgIpc) is 2.79. The van der Waals surface area contributed by atoms with Crippen LogP contribution in [0, 0.1) is 11.6 Å². The van der Waals surface area contributed by atoms with Crippen molar-refractivity contribution in [3.63, 3.8) is 0 Å². The van der Waals surface area contributed by atoms with Crippen molar-refractivity contribution in [2.45, 2.75) is 26.3 Å². The Hall–Kier alpha value is -1.56. The molecule has 0 aliphatic rings. The predicted octanol–water partition coefficient (Wildman–Crippen LogP) is 3.38. The summed E-state index contributed by atoms with van der Waals surface area (Å²) < 4.78 is 30.5. The van der Waals surface area contributed by atoms with E-state index >= 15 is 0 Å². The highest BCUT2D eigenvalue weighted by atomic mass is 32.1. The molecule has 1 heterocycles. The first kappa shape index (κ1) is 12.9. The zero-order valence-corrected chi connectivity index (χ0v) is 10.7. The fourth-order valence-corrected chi connectivity index (χ4v) is 2.11. The Balaban J connectivity index is 1.99. The molecule has 0 atom stereocenters. The molecule has 2 rings (SSSR count). The molecule has 0 saturated carbocycles. The average molecular weight is 269 g/mol. The summed E-state index contributed by atoms with van der Waals surface area (Å²) in [4.78, 5) is 4.25. The number of benzene rings is 1. The Morgan fingerprint density at radius 3 is 2.94 bits per heavy atom. The summed E-state index contributed by atoms with van der Waals surface area (Å²) >= 11 is 1.23. The van der Waals surface area contributed by atoms with Gasteiger partial charge >= 0.3 is 0 Å². The number of halogens is 2. The van der Waals surface area contributed by atoms with Crippen LogP contribution in [0.5, 0.6) is 0 Å². The third-order valence-electron chi connectivity index (χ3n) is 2.38. The third kappa shape index (κ3) is 3.22. The van der Waals surface area contributed by atoms with Crippen LogP contribution in [0.15, 0.2) is 18.2 Å². The maximum atomic E-state index is 13.4. The van der Waals surface area contributed by atoms with E-state index in [1.54, 1.807) is 0 Å². The van der Waals surface area contributed by atoms with Crippen LogP contribution in [0.2, 0.25) is 0 Å². The molecular weight excluding hydrogens is 256 g/mol. The fraction of sp³-hybridized carbons (Fsp3) is 0.333. The second-order valence-electron chi connectivity index (χ2n) is 3.86. The Labute approximate surface area is 108 Å². The van der Waals surface area contributed by atoms with Gasteiger partial charge in [-0.1, -0.05) is 6.92 Å². The highest BCUT2D eigenvalue weighted by molar-refractivity contribution is 7.09. The van der Waals surface area contributed by atoms with Crippen molar-refractivity contribution in [1.82, 2.24) is 9.36 Å². The van der Waals surface area contributed by atoms with Crippen LogP contribution in [-0.4, -0.2) is 9.36 Å². The van der Waals surface area contributed by atoms with E-state index in [1.165, 1.54) is 17.6 Å². The first-order valence-corrected chi connectivity index (χ1v) is 6.46. The molecule has 0 aliphatic heterocycles. The molecule has 0 radical (unpaired) electrons. The van der Waals surface area contributed by atoms with Crippen molar-refractivity contribution in [3.05, 3.63) is 41.2 Å². The molecule has 18 heavy (non-hydrogen) atoms. The topological polar surface area (TPSA) is 37.8 Å². The first-order chi connectivity index (χ1) is 8.69. The van der Waals surface area contributed by atoms with Crippen molar-refractivity contribution < 1.29 is 8.78 Å². The second-order valence-corrected chi connectivity index (χ2v) is 4.61. The number of hydrogen-bond acceptors (Lipinski definition) is 4. The van der Waals surface area contributed by atoms with Gasteiger partial charge in [0.1, 0.15) is 17.5 Å². The molecule has 0 spiro atoms. The summed E-state index contributed by atoms with van der Waals surface area (Å²) in [6.45, 7) is 2.25. The molecule has 1 N–H and O–H groups in total. The Morgan fingerprint density at radius 1 is 1.33 bits per heavy atom. The van der Waals surface area contributed by atoms with E-state index in [4.69, 9.17) is 0 Å². The smallest absolute Gasteiger partial charge is 0.202 e. The molecule has 96 valence electrons. The molecule has 0 saturated heterocycles. The van der Waals surface area contributed by atoms with E-state index in [-0.39, 0.29) is 12.1 Å². The Morgan fingerprint density at radius 2 is 2.17 bits per heavy atom. The lowest BCUT2D eigenvalue weighted by molar-refractivity contribution is 0.587. The van der Waals surface area contributed by atoms with E-state index < -0.39 is 11.6 Å². The fourth-order valence-electron chi connectivity index (χ4n) is 1.50. The molecule has 0 aliphatic carbocycles. The number of aryl methyl sites for hydroxylation is 1. The third-order valence-corrected chi connectivity index (χ3v) is 3.09. The summed E-state index contributed by atoms with van der Waals surface area (Å²) in [7, 11) is 0. The van der Waals surface area contributed by atoms with Crippen LogP contribution in [0.1, 0.15) is 24.7 Å². The van der Waals surface area contributed by atoms with Crippen LogP contribution >= 0.6 is 11.5 Å². The molecule has 3 nitrogen and oxygen atoms in total. The number of anilines is 1. The van der Waals surface area contributed by atoms with Gasteiger partial charge in [-0.05, 0) is 24.6 Å². The van der Waals surface area contributed by atoms with Crippen LogP contribution in [-0.2, 0) is 13.0 Å². The lowest BCUT2D eigenvalue weighted by Gasteiger charge is -2.03. The Kier molecular flexibility index (Phi) is 4.19. The summed E-state index contributed by atoms with van der Waals surface area (Å²) in [5.41, 5.74) is 0.280. The quantitative estimate of drug-likeness (QED) is 0.904. The molecule has 0 bridgehead atoms. The highest BCUT2D eigenvalue weighted by Gasteiger charge is 2.06. The van der Waals surface area contributed by atoms with E-state index in [9.17, 15) is 8.78 Å². The zero-order valence-electron chi connectivity index (χ0n) is 9.91. The number of hydrogen-bond donors (Lipinski definition) is 1. The van der Waals surface area contributed by atoms with Crippen LogP contribution in [0.3, 0.4) is 0 Å². The van der Waals surface area contributed by atoms with Gasteiger partial charge in [0.15, 0.2) is 0 Å². The molecule has 0 amide bonds. The highest BCUT2D eigenvalue weighted by Crippen LogP contribution is 2.15. The number of aromatic nitrogens is 2. The summed E-state index contributed by atoms with van der Waals surface area (Å²) in [6.07, 6.45) is 1.81. The summed E-state index contributed by atoms with van der Waals surface area (Å²) in [5, 5.41) is 3.57. The van der Waals surface area contributed by atoms with Gasteiger partial charge in [0, 0.05) is 30.1 Å². The van der Waals surface area contributed by atoms with E-state index in [0.29, 0.717) is 5.13 Å². The molecule has 6 heteroatoms. The maximum absolute atomic E-state index is 13.4. The maximum Gasteiger partial charge on any atom is 0.202 e. The number of nitrogens with one attached hydrogen (secondary N) is 1. The minimum Gasteiger partial charge on any atom is -0.356 e. The lowest BCUT2D eigenvalue weighted by Crippen LogP contribution is -2.02. The van der Waals surface area contributed by atoms with Crippen molar-refractivity contribution in [3.8, 4) is 0 Å². The van der Waals surface area contributed by atoms with E-state index in [1.807, 2.05) is 0 Å². The van der Waals surface area contributed by atoms with Gasteiger partial charge in [0.05, 0.1) is 0 Å². The van der Waals surface area contributed by atoms with Crippen molar-refractivity contribution in [2.24, 2.45) is 0 Å². The van der Waals surface area contributed by atoms with Gasteiger partial charge in [0.25, 0.3) is 0 Å². The van der Waals surface area contributed by atoms with Gasteiger partial charge < -0.3 is 5.32 Å². The van der Waals surface area contributed by atoms with Gasteiger partial charge in [-0.25, -0.2) is 13.8 Å². The zero-order chi connectivity index (χ0) is 13.0. The number of rotatable bonds is 5. The lowest BCUT2D eigenvalue weighted by atomic mass is 10.2. The van der Waals surface area contributed by atoms with Crippen molar-refractivity contribution in [1.29, 1.82) is 0 Å². The van der Waals surface area contributed by atoms with Crippen LogP contribution in [0.4, 0.5) is 13.9 Å². The van der Waals surface area contributed by atoms with E-state index in [2.05, 4.69) is 21.6 Å². The standard InChI is InChI=1S/C12H13F2N3S/c1-2-3-11-16-12(18-17-11)15-7-8-6-9(13)4-5-10(8)14/h4-6H,2-3,7H2,1H3,(H,15,16,17). The first-order valence-electron chi connectivity index (χ1n) is 5.69. The SMILES string of the molecule is CCCc1nsc(NCc2cc(F)ccc2F)n1. The predicted molar refractivity (Wildman–Crippen MR) is 67.6 cm³/mol. The Bertz CT molecular complexity index is 528. The van der Waals surface area contributed by atoms with Gasteiger partial charge in [0.2, 0.25) is 5.13 Å². The summed E-state index contributed by atoms with van der Waals surface area (Å²) in [5.74, 6) is -0.0935. The molecule has 0 unspecified atom stereocenters. The molecule has 1 aromatic carbocycles. The molecular formula is C12H13F2N3S. The van der Waals surface area contributed by atoms with Crippen LogP contribution < -0.4 is 5.32 Å². The van der Waals surface area contributed by atoms with Gasteiger partial charge in [-0.3, -0.25) is 0 Å². The largest absolute Gasteiger partial charge is 0.356 e. The minimum absolute atomic E-state index is 0.199. The number of nitrogens with zero attached hydrogens (tertiary/aromatic N) is 2. The van der Waals surface area contributed by atoms with E-state index in [0.717, 1.165) is 30.8 Å².